The van der Waals surface area contributed by atoms with E-state index < -0.39 is 0 Å². The highest BCUT2D eigenvalue weighted by atomic mass is 35.5. The normalized spacial score (nSPS) is 24.2. The number of nitrogens with one attached hydrogen (secondary N) is 1. The maximum absolute atomic E-state index is 12.2. The number of nitrogen functional groups attached to an aromatic ring is 1. The van der Waals surface area contributed by atoms with Gasteiger partial charge in [-0.3, -0.25) is 4.79 Å². The lowest BCUT2D eigenvalue weighted by Crippen LogP contribution is -2.47. The molecule has 104 valence electrons. The lowest BCUT2D eigenvalue weighted by Gasteiger charge is -2.35. The van der Waals surface area contributed by atoms with Crippen molar-refractivity contribution in [2.24, 2.45) is 0 Å². The minimum atomic E-state index is -0.137. The number of para-hydroxylation sites is 1. The fourth-order valence-corrected chi connectivity index (χ4v) is 2.59. The van der Waals surface area contributed by atoms with Crippen LogP contribution in [0.3, 0.4) is 0 Å². The van der Waals surface area contributed by atoms with E-state index >= 15 is 0 Å². The number of hydrogen-bond donors (Lipinski definition) is 2. The van der Waals surface area contributed by atoms with E-state index in [0.717, 1.165) is 19.4 Å². The number of likely N-dealkylation sites (tertiary alicyclic amines) is 1. The Hall–Kier alpha value is -1.26. The summed E-state index contributed by atoms with van der Waals surface area (Å²) in [6, 6.07) is 5.82. The largest absolute Gasteiger partial charge is 0.397 e. The van der Waals surface area contributed by atoms with E-state index in [1.165, 1.54) is 0 Å². The van der Waals surface area contributed by atoms with Crippen LogP contribution in [0.25, 0.3) is 0 Å². The molecule has 1 aromatic carbocycles. The summed E-state index contributed by atoms with van der Waals surface area (Å²) in [5, 5.41) is 3.47. The monoisotopic (exact) mass is 281 g/mol. The fraction of sp³-hybridized carbons (Fsp3) is 0.500. The number of carbonyl (C=O) groups is 1. The van der Waals surface area contributed by atoms with Crippen molar-refractivity contribution in [3.05, 3.63) is 28.8 Å². The molecule has 1 heterocycles. The molecule has 0 aromatic heterocycles. The van der Waals surface area contributed by atoms with Crippen molar-refractivity contribution in [2.75, 3.05) is 19.3 Å². The number of hydrogen-bond acceptors (Lipinski definition) is 3. The molecule has 0 radical (unpaired) electrons. The zero-order valence-electron chi connectivity index (χ0n) is 11.3. The van der Waals surface area contributed by atoms with Gasteiger partial charge in [0.15, 0.2) is 0 Å². The van der Waals surface area contributed by atoms with Gasteiger partial charge in [-0.1, -0.05) is 17.7 Å². The van der Waals surface area contributed by atoms with Gasteiger partial charge in [0.05, 0.1) is 16.3 Å². The summed E-state index contributed by atoms with van der Waals surface area (Å²) in [6.45, 7) is 3.17. The first-order chi connectivity index (χ1) is 8.99. The van der Waals surface area contributed by atoms with Gasteiger partial charge < -0.3 is 16.0 Å². The van der Waals surface area contributed by atoms with Gasteiger partial charge in [0, 0.05) is 18.6 Å². The van der Waals surface area contributed by atoms with Crippen molar-refractivity contribution in [2.45, 2.75) is 31.8 Å². The molecule has 0 bridgehead atoms. The third-order valence-electron chi connectivity index (χ3n) is 3.84. The molecule has 1 saturated heterocycles. The van der Waals surface area contributed by atoms with Crippen molar-refractivity contribution in [1.29, 1.82) is 0 Å². The van der Waals surface area contributed by atoms with Crippen LogP contribution in [0.1, 0.15) is 30.1 Å². The minimum absolute atomic E-state index is 0.137. The first-order valence-electron chi connectivity index (χ1n) is 6.54. The summed E-state index contributed by atoms with van der Waals surface area (Å²) in [5.74, 6) is -0.137. The highest BCUT2D eigenvalue weighted by Crippen LogP contribution is 2.23. The number of amides is 1. The van der Waals surface area contributed by atoms with Crippen molar-refractivity contribution in [3.8, 4) is 0 Å². The molecule has 1 aliphatic heterocycles. The number of benzene rings is 1. The van der Waals surface area contributed by atoms with E-state index in [2.05, 4.69) is 24.2 Å². The number of nitrogens with two attached hydrogens (primary N) is 1. The zero-order chi connectivity index (χ0) is 14.0. The topological polar surface area (TPSA) is 58.4 Å². The van der Waals surface area contributed by atoms with Crippen molar-refractivity contribution < 1.29 is 4.79 Å². The van der Waals surface area contributed by atoms with Gasteiger partial charge in [-0.25, -0.2) is 0 Å². The molecule has 2 atom stereocenters. The second kappa shape index (κ2) is 5.80. The number of rotatable bonds is 2. The van der Waals surface area contributed by atoms with Crippen LogP contribution >= 0.6 is 11.6 Å². The fourth-order valence-electron chi connectivity index (χ4n) is 2.42. The smallest absolute Gasteiger partial charge is 0.253 e. The highest BCUT2D eigenvalue weighted by molar-refractivity contribution is 6.33. The zero-order valence-corrected chi connectivity index (χ0v) is 12.1. The molecular weight excluding hydrogens is 262 g/mol. The maximum Gasteiger partial charge on any atom is 0.253 e. The van der Waals surface area contributed by atoms with Crippen LogP contribution in [0.5, 0.6) is 0 Å². The lowest BCUT2D eigenvalue weighted by atomic mass is 9.98. The Labute approximate surface area is 118 Å². The molecule has 1 amide bonds. The van der Waals surface area contributed by atoms with Crippen molar-refractivity contribution in [3.63, 3.8) is 0 Å². The number of nitrogens with zero attached hydrogens (tertiary/aromatic N) is 1. The molecule has 0 aliphatic carbocycles. The van der Waals surface area contributed by atoms with E-state index in [0.29, 0.717) is 22.3 Å². The minimum Gasteiger partial charge on any atom is -0.397 e. The predicted molar refractivity (Wildman–Crippen MR) is 78.4 cm³/mol. The average Bonchev–Trinajstić information content (AvgIpc) is 2.37. The Bertz CT molecular complexity index is 478. The second-order valence-corrected chi connectivity index (χ2v) is 5.63. The molecule has 4 nitrogen and oxygen atoms in total. The van der Waals surface area contributed by atoms with E-state index in [-0.39, 0.29) is 11.9 Å². The summed E-state index contributed by atoms with van der Waals surface area (Å²) in [6.07, 6.45) is 1.93. The Balaban J connectivity index is 2.03. The van der Waals surface area contributed by atoms with Crippen LogP contribution in [-0.4, -0.2) is 36.5 Å². The van der Waals surface area contributed by atoms with E-state index in [9.17, 15) is 4.79 Å². The number of piperidine rings is 1. The standard InChI is InChI=1S/C14H20ClN3O/c1-9-8-10(6-7-18(9)2)17-14(19)11-4-3-5-12(15)13(11)16/h3-5,9-10H,6-8,16H2,1-2H3,(H,17,19). The lowest BCUT2D eigenvalue weighted by molar-refractivity contribution is 0.0897. The van der Waals surface area contributed by atoms with Gasteiger partial charge >= 0.3 is 0 Å². The van der Waals surface area contributed by atoms with E-state index in [1.807, 2.05) is 0 Å². The molecule has 2 unspecified atom stereocenters. The Kier molecular flexibility index (Phi) is 4.32. The first kappa shape index (κ1) is 14.2. The molecule has 19 heavy (non-hydrogen) atoms. The van der Waals surface area contributed by atoms with Gasteiger partial charge in [-0.15, -0.1) is 0 Å². The summed E-state index contributed by atoms with van der Waals surface area (Å²) >= 11 is 5.93. The number of halogens is 1. The number of carbonyl (C=O) groups excluding carboxylic acids is 1. The van der Waals surface area contributed by atoms with Crippen LogP contribution < -0.4 is 11.1 Å². The van der Waals surface area contributed by atoms with E-state index in [4.69, 9.17) is 17.3 Å². The van der Waals surface area contributed by atoms with Gasteiger partial charge in [-0.2, -0.15) is 0 Å². The molecule has 0 saturated carbocycles. The summed E-state index contributed by atoms with van der Waals surface area (Å²) in [4.78, 5) is 14.5. The van der Waals surface area contributed by atoms with E-state index in [1.54, 1.807) is 18.2 Å². The predicted octanol–water partition coefficient (Wildman–Crippen LogP) is 2.13. The Morgan fingerprint density at radius 3 is 2.95 bits per heavy atom. The van der Waals surface area contributed by atoms with Crippen LogP contribution in [0.15, 0.2) is 18.2 Å². The van der Waals surface area contributed by atoms with Gasteiger partial charge in [0.1, 0.15) is 0 Å². The van der Waals surface area contributed by atoms with Gasteiger partial charge in [0.2, 0.25) is 0 Å². The quantitative estimate of drug-likeness (QED) is 0.817. The molecule has 1 aliphatic rings. The summed E-state index contributed by atoms with van der Waals surface area (Å²) in [5.41, 5.74) is 6.64. The molecule has 5 heteroatoms. The van der Waals surface area contributed by atoms with Gasteiger partial charge in [-0.05, 0) is 38.9 Å². The Morgan fingerprint density at radius 2 is 2.26 bits per heavy atom. The first-order valence-corrected chi connectivity index (χ1v) is 6.92. The molecule has 0 spiro atoms. The van der Waals surface area contributed by atoms with Crippen LogP contribution in [0, 0.1) is 0 Å². The molecular formula is C14H20ClN3O. The second-order valence-electron chi connectivity index (χ2n) is 5.23. The van der Waals surface area contributed by atoms with Gasteiger partial charge in [0.25, 0.3) is 5.91 Å². The number of anilines is 1. The summed E-state index contributed by atoms with van der Waals surface area (Å²) < 4.78 is 0. The third kappa shape index (κ3) is 3.19. The molecule has 3 N–H and O–H groups in total. The Morgan fingerprint density at radius 1 is 1.53 bits per heavy atom. The summed E-state index contributed by atoms with van der Waals surface area (Å²) in [7, 11) is 2.11. The van der Waals surface area contributed by atoms with Crippen LogP contribution in [-0.2, 0) is 0 Å². The third-order valence-corrected chi connectivity index (χ3v) is 4.17. The average molecular weight is 282 g/mol. The molecule has 1 aromatic rings. The molecule has 2 rings (SSSR count). The van der Waals surface area contributed by atoms with Crippen LogP contribution in [0.2, 0.25) is 5.02 Å². The maximum atomic E-state index is 12.2. The highest BCUT2D eigenvalue weighted by Gasteiger charge is 2.24. The SMILES string of the molecule is CC1CC(NC(=O)c2cccc(Cl)c2N)CCN1C. The molecule has 1 fully saturated rings. The van der Waals surface area contributed by atoms with Crippen molar-refractivity contribution in [1.82, 2.24) is 10.2 Å². The van der Waals surface area contributed by atoms with Crippen LogP contribution in [0.4, 0.5) is 5.69 Å². The van der Waals surface area contributed by atoms with Crippen molar-refractivity contribution >= 4 is 23.2 Å².